The van der Waals surface area contributed by atoms with Crippen molar-refractivity contribution in [2.45, 2.75) is 17.9 Å². The average Bonchev–Trinajstić information content (AvgIpc) is 2.53. The van der Waals surface area contributed by atoms with Crippen LogP contribution in [-0.2, 0) is 14.3 Å². The predicted octanol–water partition coefficient (Wildman–Crippen LogP) is 3.19. The molecule has 3 rings (SSSR count). The number of ether oxygens (including phenoxy) is 2. The third kappa shape index (κ3) is 3.77. The highest BCUT2D eigenvalue weighted by atomic mass is 35.5. The molecule has 0 aliphatic carbocycles. The van der Waals surface area contributed by atoms with Gasteiger partial charge in [0.25, 0.3) is 10.1 Å². The average molecular weight is 355 g/mol. The summed E-state index contributed by atoms with van der Waals surface area (Å²) in [5, 5.41) is 0.545. The molecule has 1 atom stereocenters. The summed E-state index contributed by atoms with van der Waals surface area (Å²) < 4.78 is 40.5. The summed E-state index contributed by atoms with van der Waals surface area (Å²) >= 11 is 5.87. The minimum atomic E-state index is -3.82. The Bertz CT molecular complexity index is 802. The molecule has 0 fully saturated rings. The van der Waals surface area contributed by atoms with Crippen LogP contribution in [0.15, 0.2) is 47.4 Å². The lowest BCUT2D eigenvalue weighted by atomic mass is 10.2. The maximum Gasteiger partial charge on any atom is 0.297 e. The second kappa shape index (κ2) is 6.39. The van der Waals surface area contributed by atoms with Crippen molar-refractivity contribution in [3.05, 3.63) is 53.1 Å². The summed E-state index contributed by atoms with van der Waals surface area (Å²) in [6.45, 7) is 1.95. The molecule has 0 saturated heterocycles. The molecule has 0 saturated carbocycles. The van der Waals surface area contributed by atoms with Crippen LogP contribution in [0.5, 0.6) is 11.5 Å². The molecule has 23 heavy (non-hydrogen) atoms. The number of hydrogen-bond acceptors (Lipinski definition) is 5. The summed E-state index contributed by atoms with van der Waals surface area (Å²) in [6, 6.07) is 11.5. The van der Waals surface area contributed by atoms with Crippen molar-refractivity contribution >= 4 is 21.7 Å². The van der Waals surface area contributed by atoms with Crippen molar-refractivity contribution < 1.29 is 22.1 Å². The maximum atomic E-state index is 12.1. The topological polar surface area (TPSA) is 61.8 Å². The molecule has 1 heterocycles. The van der Waals surface area contributed by atoms with Gasteiger partial charge in [0.2, 0.25) is 0 Å². The van der Waals surface area contributed by atoms with E-state index in [4.69, 9.17) is 25.3 Å². The van der Waals surface area contributed by atoms with Crippen molar-refractivity contribution in [1.29, 1.82) is 0 Å². The molecule has 5 nitrogen and oxygen atoms in total. The van der Waals surface area contributed by atoms with E-state index >= 15 is 0 Å². The lowest BCUT2D eigenvalue weighted by Crippen LogP contribution is -2.34. The van der Waals surface area contributed by atoms with E-state index in [0.717, 1.165) is 5.56 Å². The van der Waals surface area contributed by atoms with E-state index in [1.807, 2.05) is 6.92 Å². The molecule has 0 N–H and O–H groups in total. The number of hydrogen-bond donors (Lipinski definition) is 0. The minimum absolute atomic E-state index is 0.118. The number of benzene rings is 2. The summed E-state index contributed by atoms with van der Waals surface area (Å²) in [6.07, 6.45) is -0.510. The number of rotatable bonds is 4. The standard InChI is InChI=1S/C16H15ClO5S/c1-11-2-5-14(6-3-11)23(18,19)21-10-13-9-20-16-8-12(17)4-7-15(16)22-13/h2-8,13H,9-10H2,1H3/t13-/m1/s1. The lowest BCUT2D eigenvalue weighted by Gasteiger charge is -2.26. The Morgan fingerprint density at radius 1 is 1.17 bits per heavy atom. The van der Waals surface area contributed by atoms with Gasteiger partial charge in [-0.15, -0.1) is 0 Å². The third-order valence-corrected chi connectivity index (χ3v) is 4.87. The van der Waals surface area contributed by atoms with Crippen LogP contribution < -0.4 is 9.47 Å². The van der Waals surface area contributed by atoms with Crippen LogP contribution in [0.3, 0.4) is 0 Å². The maximum absolute atomic E-state index is 12.1. The van der Waals surface area contributed by atoms with Gasteiger partial charge in [-0.05, 0) is 31.2 Å². The van der Waals surface area contributed by atoms with E-state index in [2.05, 4.69) is 0 Å². The summed E-state index contributed by atoms with van der Waals surface area (Å²) in [5.41, 5.74) is 0.975. The SMILES string of the molecule is Cc1ccc(S(=O)(=O)OC[C@H]2COc3cc(Cl)ccc3O2)cc1. The molecule has 2 aromatic carbocycles. The molecule has 122 valence electrons. The second-order valence-electron chi connectivity index (χ2n) is 5.19. The van der Waals surface area contributed by atoms with E-state index in [1.54, 1.807) is 30.3 Å². The van der Waals surface area contributed by atoms with Crippen molar-refractivity contribution in [2.24, 2.45) is 0 Å². The van der Waals surface area contributed by atoms with Gasteiger partial charge in [-0.1, -0.05) is 29.3 Å². The van der Waals surface area contributed by atoms with E-state index in [0.29, 0.717) is 16.5 Å². The molecule has 7 heteroatoms. The van der Waals surface area contributed by atoms with Crippen LogP contribution in [0.4, 0.5) is 0 Å². The molecular weight excluding hydrogens is 340 g/mol. The van der Waals surface area contributed by atoms with E-state index in [9.17, 15) is 8.42 Å². The molecule has 2 aromatic rings. The molecule has 0 bridgehead atoms. The second-order valence-corrected chi connectivity index (χ2v) is 7.25. The zero-order valence-corrected chi connectivity index (χ0v) is 13.9. The lowest BCUT2D eigenvalue weighted by molar-refractivity contribution is 0.0555. The molecule has 0 amide bonds. The third-order valence-electron chi connectivity index (χ3n) is 3.34. The van der Waals surface area contributed by atoms with Gasteiger partial charge < -0.3 is 9.47 Å². The predicted molar refractivity (Wildman–Crippen MR) is 85.7 cm³/mol. The van der Waals surface area contributed by atoms with Crippen LogP contribution in [0.1, 0.15) is 5.56 Å². The smallest absolute Gasteiger partial charge is 0.297 e. The van der Waals surface area contributed by atoms with Crippen LogP contribution in [0.25, 0.3) is 0 Å². The quantitative estimate of drug-likeness (QED) is 0.789. The van der Waals surface area contributed by atoms with Crippen molar-refractivity contribution in [1.82, 2.24) is 0 Å². The Morgan fingerprint density at radius 3 is 2.65 bits per heavy atom. The van der Waals surface area contributed by atoms with Crippen LogP contribution in [-0.4, -0.2) is 27.7 Å². The normalized spacial score (nSPS) is 17.0. The Balaban J connectivity index is 1.65. The first-order chi connectivity index (χ1) is 10.9. The van der Waals surface area contributed by atoms with Crippen molar-refractivity contribution in [3.8, 4) is 11.5 Å². The number of aryl methyl sites for hydroxylation is 1. The largest absolute Gasteiger partial charge is 0.486 e. The Hall–Kier alpha value is -1.76. The fourth-order valence-electron chi connectivity index (χ4n) is 2.11. The van der Waals surface area contributed by atoms with Gasteiger partial charge in [-0.2, -0.15) is 8.42 Å². The highest BCUT2D eigenvalue weighted by molar-refractivity contribution is 7.86. The Kier molecular flexibility index (Phi) is 4.48. The number of fused-ring (bicyclic) bond motifs is 1. The summed E-state index contributed by atoms with van der Waals surface area (Å²) in [5.74, 6) is 1.05. The monoisotopic (exact) mass is 354 g/mol. The van der Waals surface area contributed by atoms with E-state index in [-0.39, 0.29) is 18.1 Å². The van der Waals surface area contributed by atoms with Crippen LogP contribution in [0, 0.1) is 6.92 Å². The van der Waals surface area contributed by atoms with Gasteiger partial charge in [0, 0.05) is 11.1 Å². The van der Waals surface area contributed by atoms with Gasteiger partial charge in [0.05, 0.1) is 4.90 Å². The summed E-state index contributed by atoms with van der Waals surface area (Å²) in [4.78, 5) is 0.118. The van der Waals surface area contributed by atoms with Gasteiger partial charge >= 0.3 is 0 Å². The van der Waals surface area contributed by atoms with Gasteiger partial charge in [-0.3, -0.25) is 4.18 Å². The van der Waals surface area contributed by atoms with E-state index in [1.165, 1.54) is 12.1 Å². The molecular formula is C16H15ClO5S. The molecule has 0 radical (unpaired) electrons. The zero-order valence-electron chi connectivity index (χ0n) is 12.4. The summed E-state index contributed by atoms with van der Waals surface area (Å²) in [7, 11) is -3.82. The fraction of sp³-hybridized carbons (Fsp3) is 0.250. The first kappa shape index (κ1) is 16.1. The first-order valence-electron chi connectivity index (χ1n) is 6.99. The first-order valence-corrected chi connectivity index (χ1v) is 8.78. The number of halogens is 1. The Labute approximate surface area is 139 Å². The minimum Gasteiger partial charge on any atom is -0.486 e. The molecule has 0 aromatic heterocycles. The highest BCUT2D eigenvalue weighted by Crippen LogP contribution is 2.34. The van der Waals surface area contributed by atoms with E-state index < -0.39 is 16.2 Å². The molecule has 0 spiro atoms. The van der Waals surface area contributed by atoms with Crippen LogP contribution >= 0.6 is 11.6 Å². The van der Waals surface area contributed by atoms with Crippen molar-refractivity contribution in [3.63, 3.8) is 0 Å². The molecule has 1 aliphatic heterocycles. The van der Waals surface area contributed by atoms with Gasteiger partial charge in [0.15, 0.2) is 17.6 Å². The van der Waals surface area contributed by atoms with Gasteiger partial charge in [-0.25, -0.2) is 0 Å². The zero-order chi connectivity index (χ0) is 16.4. The van der Waals surface area contributed by atoms with Crippen LogP contribution in [0.2, 0.25) is 5.02 Å². The molecule has 0 unspecified atom stereocenters. The van der Waals surface area contributed by atoms with Crippen molar-refractivity contribution in [2.75, 3.05) is 13.2 Å². The Morgan fingerprint density at radius 2 is 1.91 bits per heavy atom. The van der Waals surface area contributed by atoms with Gasteiger partial charge in [0.1, 0.15) is 13.2 Å². The highest BCUT2D eigenvalue weighted by Gasteiger charge is 2.24. The fourth-order valence-corrected chi connectivity index (χ4v) is 3.21. The molecule has 1 aliphatic rings.